The highest BCUT2D eigenvalue weighted by Gasteiger charge is 2.24. The van der Waals surface area contributed by atoms with E-state index in [9.17, 15) is 8.78 Å². The van der Waals surface area contributed by atoms with Crippen molar-refractivity contribution >= 4 is 0 Å². The molecule has 1 N–H and O–H groups in total. The first-order valence-electron chi connectivity index (χ1n) is 7.84. The van der Waals surface area contributed by atoms with E-state index in [4.69, 9.17) is 4.74 Å². The summed E-state index contributed by atoms with van der Waals surface area (Å²) >= 11 is 0. The van der Waals surface area contributed by atoms with Crippen LogP contribution < -0.4 is 5.32 Å². The fourth-order valence-electron chi connectivity index (χ4n) is 3.04. The molecule has 1 aliphatic heterocycles. The number of hydrogen-bond acceptors (Lipinski definition) is 3. The van der Waals surface area contributed by atoms with Gasteiger partial charge in [-0.15, -0.1) is 0 Å². The second-order valence-corrected chi connectivity index (χ2v) is 6.03. The standard InChI is InChI=1S/C18H20F2N2O/c19-17-6-15(7-18(20)8-17)16-5-14(9-22-10-16)12-23-11-13-1-3-21-4-2-13/h1-4,6-8,14,16,22H,5,9-12H2/t14-,16+/m1/s1. The Kier molecular flexibility index (Phi) is 5.31. The summed E-state index contributed by atoms with van der Waals surface area (Å²) in [5.41, 5.74) is 1.81. The Morgan fingerprint density at radius 3 is 2.57 bits per heavy atom. The van der Waals surface area contributed by atoms with Crippen molar-refractivity contribution in [1.29, 1.82) is 0 Å². The van der Waals surface area contributed by atoms with Crippen molar-refractivity contribution in [3.8, 4) is 0 Å². The van der Waals surface area contributed by atoms with Crippen LogP contribution in [-0.4, -0.2) is 24.7 Å². The average Bonchev–Trinajstić information content (AvgIpc) is 2.55. The van der Waals surface area contributed by atoms with Crippen LogP contribution in [0.15, 0.2) is 42.7 Å². The Morgan fingerprint density at radius 2 is 1.83 bits per heavy atom. The smallest absolute Gasteiger partial charge is 0.126 e. The van der Waals surface area contributed by atoms with E-state index in [1.165, 1.54) is 12.1 Å². The molecule has 3 rings (SSSR count). The van der Waals surface area contributed by atoms with E-state index in [0.717, 1.165) is 31.1 Å². The molecular formula is C18H20F2N2O. The third-order valence-corrected chi connectivity index (χ3v) is 4.17. The molecule has 0 radical (unpaired) electrons. The van der Waals surface area contributed by atoms with Crippen molar-refractivity contribution in [2.24, 2.45) is 5.92 Å². The molecule has 1 aromatic carbocycles. The van der Waals surface area contributed by atoms with Crippen LogP contribution in [0.5, 0.6) is 0 Å². The molecule has 5 heteroatoms. The van der Waals surface area contributed by atoms with Gasteiger partial charge in [0.1, 0.15) is 11.6 Å². The zero-order valence-electron chi connectivity index (χ0n) is 12.8. The van der Waals surface area contributed by atoms with E-state index >= 15 is 0 Å². The number of nitrogens with one attached hydrogen (secondary N) is 1. The van der Waals surface area contributed by atoms with Gasteiger partial charge in [0, 0.05) is 31.5 Å². The molecule has 2 heterocycles. The molecule has 23 heavy (non-hydrogen) atoms. The summed E-state index contributed by atoms with van der Waals surface area (Å²) in [5, 5.41) is 3.34. The monoisotopic (exact) mass is 318 g/mol. The van der Waals surface area contributed by atoms with E-state index in [-0.39, 0.29) is 5.92 Å². The predicted molar refractivity (Wildman–Crippen MR) is 84.0 cm³/mol. The predicted octanol–water partition coefficient (Wildman–Crippen LogP) is 3.27. The molecule has 0 saturated carbocycles. The number of nitrogens with zero attached hydrogens (tertiary/aromatic N) is 1. The van der Waals surface area contributed by atoms with Crippen LogP contribution in [0.4, 0.5) is 8.78 Å². The first kappa shape index (κ1) is 16.0. The Balaban J connectivity index is 1.53. The minimum Gasteiger partial charge on any atom is -0.376 e. The second kappa shape index (κ2) is 7.62. The Labute approximate surface area is 134 Å². The van der Waals surface area contributed by atoms with Gasteiger partial charge in [0.2, 0.25) is 0 Å². The lowest BCUT2D eigenvalue weighted by molar-refractivity contribution is 0.0751. The molecule has 3 nitrogen and oxygen atoms in total. The van der Waals surface area contributed by atoms with Crippen LogP contribution >= 0.6 is 0 Å². The fraction of sp³-hybridized carbons (Fsp3) is 0.389. The van der Waals surface area contributed by atoms with Crippen LogP contribution in [-0.2, 0) is 11.3 Å². The number of aromatic nitrogens is 1. The zero-order valence-corrected chi connectivity index (χ0v) is 12.8. The molecule has 0 amide bonds. The van der Waals surface area contributed by atoms with Crippen molar-refractivity contribution in [3.05, 3.63) is 65.5 Å². The molecule has 2 atom stereocenters. The van der Waals surface area contributed by atoms with Gasteiger partial charge in [-0.2, -0.15) is 0 Å². The highest BCUT2D eigenvalue weighted by Crippen LogP contribution is 2.28. The molecule has 2 aromatic rings. The van der Waals surface area contributed by atoms with E-state index in [0.29, 0.717) is 24.7 Å². The second-order valence-electron chi connectivity index (χ2n) is 6.03. The first-order chi connectivity index (χ1) is 11.2. The van der Waals surface area contributed by atoms with Crippen LogP contribution in [0.25, 0.3) is 0 Å². The van der Waals surface area contributed by atoms with Gasteiger partial charge in [0.05, 0.1) is 13.2 Å². The maximum Gasteiger partial charge on any atom is 0.126 e. The number of pyridine rings is 1. The topological polar surface area (TPSA) is 34.1 Å². The molecule has 1 aromatic heterocycles. The fourth-order valence-corrected chi connectivity index (χ4v) is 3.04. The molecule has 0 spiro atoms. The van der Waals surface area contributed by atoms with Gasteiger partial charge >= 0.3 is 0 Å². The van der Waals surface area contributed by atoms with Gasteiger partial charge in [0.25, 0.3) is 0 Å². The van der Waals surface area contributed by atoms with Gasteiger partial charge in [-0.05, 0) is 53.6 Å². The molecule has 0 unspecified atom stereocenters. The summed E-state index contributed by atoms with van der Waals surface area (Å²) in [6.45, 7) is 2.79. The molecule has 0 bridgehead atoms. The molecule has 122 valence electrons. The highest BCUT2D eigenvalue weighted by molar-refractivity contribution is 5.23. The molecule has 1 saturated heterocycles. The summed E-state index contributed by atoms with van der Waals surface area (Å²) in [7, 11) is 0. The zero-order chi connectivity index (χ0) is 16.1. The van der Waals surface area contributed by atoms with E-state index in [2.05, 4.69) is 10.3 Å². The average molecular weight is 318 g/mol. The van der Waals surface area contributed by atoms with Gasteiger partial charge < -0.3 is 10.1 Å². The minimum atomic E-state index is -0.518. The molecule has 1 aliphatic rings. The summed E-state index contributed by atoms with van der Waals surface area (Å²) in [6.07, 6.45) is 4.36. The summed E-state index contributed by atoms with van der Waals surface area (Å²) in [6, 6.07) is 7.62. The number of benzene rings is 1. The summed E-state index contributed by atoms with van der Waals surface area (Å²) in [4.78, 5) is 3.97. The Hall–Kier alpha value is -1.85. The quantitative estimate of drug-likeness (QED) is 0.919. The van der Waals surface area contributed by atoms with E-state index < -0.39 is 11.6 Å². The van der Waals surface area contributed by atoms with Crippen molar-refractivity contribution in [3.63, 3.8) is 0 Å². The van der Waals surface area contributed by atoms with Crippen LogP contribution in [0.3, 0.4) is 0 Å². The third kappa shape index (κ3) is 4.56. The van der Waals surface area contributed by atoms with Crippen molar-refractivity contribution in [1.82, 2.24) is 10.3 Å². The van der Waals surface area contributed by atoms with Gasteiger partial charge in [-0.25, -0.2) is 8.78 Å². The van der Waals surface area contributed by atoms with Crippen LogP contribution in [0.2, 0.25) is 0 Å². The van der Waals surface area contributed by atoms with Crippen LogP contribution in [0, 0.1) is 17.6 Å². The lowest BCUT2D eigenvalue weighted by atomic mass is 9.86. The number of piperidine rings is 1. The minimum absolute atomic E-state index is 0.114. The maximum absolute atomic E-state index is 13.4. The highest BCUT2D eigenvalue weighted by atomic mass is 19.1. The Bertz CT molecular complexity index is 616. The SMILES string of the molecule is Fc1cc(F)cc([C@@H]2CNC[C@H](COCc3ccncc3)C2)c1. The van der Waals surface area contributed by atoms with Crippen molar-refractivity contribution in [2.45, 2.75) is 18.9 Å². The van der Waals surface area contributed by atoms with E-state index in [1.54, 1.807) is 12.4 Å². The van der Waals surface area contributed by atoms with Gasteiger partial charge in [0.15, 0.2) is 0 Å². The van der Waals surface area contributed by atoms with Crippen molar-refractivity contribution in [2.75, 3.05) is 19.7 Å². The maximum atomic E-state index is 13.4. The first-order valence-corrected chi connectivity index (χ1v) is 7.84. The third-order valence-electron chi connectivity index (χ3n) is 4.17. The molecule has 0 aliphatic carbocycles. The summed E-state index contributed by atoms with van der Waals surface area (Å²) < 4.78 is 32.5. The molecular weight excluding hydrogens is 298 g/mol. The van der Waals surface area contributed by atoms with Crippen LogP contribution in [0.1, 0.15) is 23.5 Å². The number of ether oxygens (including phenoxy) is 1. The summed E-state index contributed by atoms with van der Waals surface area (Å²) in [5.74, 6) is -0.586. The number of hydrogen-bond donors (Lipinski definition) is 1. The normalized spacial score (nSPS) is 21.3. The Morgan fingerprint density at radius 1 is 1.09 bits per heavy atom. The lowest BCUT2D eigenvalue weighted by Gasteiger charge is -2.30. The number of rotatable bonds is 5. The number of halogens is 2. The lowest BCUT2D eigenvalue weighted by Crippen LogP contribution is -2.37. The van der Waals surface area contributed by atoms with E-state index in [1.807, 2.05) is 12.1 Å². The molecule has 1 fully saturated rings. The van der Waals surface area contributed by atoms with Gasteiger partial charge in [-0.3, -0.25) is 4.98 Å². The van der Waals surface area contributed by atoms with Gasteiger partial charge in [-0.1, -0.05) is 0 Å². The van der Waals surface area contributed by atoms with Crippen molar-refractivity contribution < 1.29 is 13.5 Å². The largest absolute Gasteiger partial charge is 0.376 e.